The summed E-state index contributed by atoms with van der Waals surface area (Å²) in [6.07, 6.45) is 5.03. The van der Waals surface area contributed by atoms with Gasteiger partial charge in [0, 0.05) is 87.2 Å². The molecule has 3 aromatic carbocycles. The highest BCUT2D eigenvalue weighted by molar-refractivity contribution is 7.86. The molecule has 4 atom stereocenters. The summed E-state index contributed by atoms with van der Waals surface area (Å²) in [5.74, 6) is -1.84. The molecule has 24 heteroatoms. The van der Waals surface area contributed by atoms with Crippen LogP contribution in [0, 0.1) is 12.8 Å². The van der Waals surface area contributed by atoms with Crippen LogP contribution in [-0.4, -0.2) is 140 Å². The Hall–Kier alpha value is -8.74. The molecule has 1 unspecified atom stereocenters. The van der Waals surface area contributed by atoms with E-state index in [1.165, 1.54) is 16.6 Å². The van der Waals surface area contributed by atoms with E-state index in [4.69, 9.17) is 4.74 Å². The van der Waals surface area contributed by atoms with Crippen LogP contribution in [0.3, 0.4) is 0 Å². The van der Waals surface area contributed by atoms with E-state index in [0.717, 1.165) is 22.3 Å². The van der Waals surface area contributed by atoms with Gasteiger partial charge in [0.15, 0.2) is 11.6 Å². The number of amides is 5. The highest BCUT2D eigenvalue weighted by atomic mass is 32.2. The van der Waals surface area contributed by atoms with Crippen molar-refractivity contribution in [1.29, 1.82) is 0 Å². The van der Waals surface area contributed by atoms with Crippen molar-refractivity contribution in [3.8, 4) is 16.9 Å². The Morgan fingerprint density at radius 2 is 1.63 bits per heavy atom. The minimum atomic E-state index is -4.50. The fourth-order valence-electron chi connectivity index (χ4n) is 10.3. The first kappa shape index (κ1) is 60.4. The van der Waals surface area contributed by atoms with Crippen molar-refractivity contribution < 1.29 is 60.8 Å². The van der Waals surface area contributed by atoms with E-state index in [1.807, 2.05) is 44.3 Å². The maximum absolute atomic E-state index is 14.0. The number of ketones is 2. The number of carbonyl (C=O) groups is 8. The van der Waals surface area contributed by atoms with Gasteiger partial charge in [-0.05, 0) is 104 Å². The van der Waals surface area contributed by atoms with Gasteiger partial charge in [0.05, 0.1) is 37.9 Å². The SMILES string of the molecule is C=C1C[C@H]2C(S(=O)(=O)O)Cc3cc(OCCCC(=O)Nc4cn(C)c(C(=O)Cc5ccc(-c6cc(C(=O)n7ccc8cc(NC(=O)[C@H](C)NC(=O)[C@@H](NCC(=O)CCNC(=O)OC)C(C)C)ccc87)n(C)c6)cc5)n4)c(C)cc3C(=O)N2C1. The number of fused-ring (bicyclic) bond motifs is 3. The standard InChI is InChI=1S/C59H68N10O13S/c1-33(2)53(61-29-43(70)17-19-60-59(77)81-8)56(74)62-36(5)55(73)63-42-15-16-45-39(25-42)18-20-68(45)58(76)47-26-41(31-66(47)6)38-13-11-37(12-14-38)24-48(71)54-65-51(32-67(54)7)64-52(72)10-9-21-82-49-27-40-28-50(83(78,79)80)46-22-34(3)30-69(46)57(75)44(40)23-35(49)4/h11-16,18,20,23,25-27,31-33,36,46,50,53,61H,3,9-10,17,19,21-22,24,28-30H2,1-2,4-8H3,(H,60,77)(H,62,74)(H,63,73)(H,64,72)(H,78,79,80)/t36-,46-,50?,53-/m0/s1. The molecule has 83 heavy (non-hydrogen) atoms. The molecule has 0 bridgehead atoms. The second kappa shape index (κ2) is 25.6. The van der Waals surface area contributed by atoms with E-state index in [0.29, 0.717) is 51.1 Å². The van der Waals surface area contributed by atoms with Crippen molar-refractivity contribution in [3.05, 3.63) is 131 Å². The van der Waals surface area contributed by atoms with E-state index >= 15 is 0 Å². The number of hydrogen-bond acceptors (Lipinski definition) is 14. The summed E-state index contributed by atoms with van der Waals surface area (Å²) in [5, 5.41) is 13.1. The highest BCUT2D eigenvalue weighted by Crippen LogP contribution is 2.37. The van der Waals surface area contributed by atoms with Crippen molar-refractivity contribution in [2.75, 3.05) is 44.0 Å². The molecule has 6 aromatic rings. The van der Waals surface area contributed by atoms with Gasteiger partial charge in [-0.15, -0.1) is 0 Å². The Morgan fingerprint density at radius 1 is 0.880 bits per heavy atom. The number of hydrogen-bond donors (Lipinski definition) is 6. The van der Waals surface area contributed by atoms with Crippen molar-refractivity contribution in [2.45, 2.75) is 89.6 Å². The van der Waals surface area contributed by atoms with Crippen LogP contribution in [0.4, 0.5) is 16.3 Å². The lowest BCUT2D eigenvalue weighted by Crippen LogP contribution is -2.53. The van der Waals surface area contributed by atoms with E-state index in [-0.39, 0.29) is 105 Å². The van der Waals surface area contributed by atoms with Gasteiger partial charge in [0.1, 0.15) is 28.5 Å². The summed E-state index contributed by atoms with van der Waals surface area (Å²) in [6, 6.07) is 16.9. The number of ether oxygens (including phenoxy) is 2. The third-order valence-corrected chi connectivity index (χ3v) is 16.0. The molecule has 6 N–H and O–H groups in total. The van der Waals surface area contributed by atoms with Gasteiger partial charge in [-0.2, -0.15) is 8.42 Å². The number of alkyl carbamates (subject to hydrolysis) is 1. The second-order valence-corrected chi connectivity index (χ2v) is 23.0. The van der Waals surface area contributed by atoms with Crippen molar-refractivity contribution in [2.24, 2.45) is 20.0 Å². The number of carbonyl (C=O) groups excluding carboxylic acids is 8. The summed E-state index contributed by atoms with van der Waals surface area (Å²) in [4.78, 5) is 110. The molecule has 438 valence electrons. The molecule has 5 amide bonds. The topological polar surface area (TPSA) is 300 Å². The van der Waals surface area contributed by atoms with Gasteiger partial charge in [0.2, 0.25) is 23.5 Å². The van der Waals surface area contributed by atoms with Crippen molar-refractivity contribution >= 4 is 79.7 Å². The lowest BCUT2D eigenvalue weighted by atomic mass is 9.98. The van der Waals surface area contributed by atoms with Crippen LogP contribution in [0.1, 0.15) is 94.6 Å². The zero-order valence-corrected chi connectivity index (χ0v) is 48.1. The minimum Gasteiger partial charge on any atom is -0.493 e. The zero-order chi connectivity index (χ0) is 60.0. The number of Topliss-reactive ketones (excluding diaryl/α,β-unsaturated/α-hetero) is 2. The number of nitrogens with one attached hydrogen (secondary N) is 5. The van der Waals surface area contributed by atoms with Crippen molar-refractivity contribution in [1.82, 2.24) is 39.5 Å². The lowest BCUT2D eigenvalue weighted by Gasteiger charge is -2.26. The summed E-state index contributed by atoms with van der Waals surface area (Å²) in [6.45, 7) is 11.2. The van der Waals surface area contributed by atoms with E-state index in [1.54, 1.807) is 91.9 Å². The molecule has 0 spiro atoms. The van der Waals surface area contributed by atoms with Crippen LogP contribution in [0.2, 0.25) is 0 Å². The number of methoxy groups -OCH3 is 1. The van der Waals surface area contributed by atoms with E-state index in [9.17, 15) is 51.3 Å². The van der Waals surface area contributed by atoms with Crippen LogP contribution < -0.4 is 31.3 Å². The Morgan fingerprint density at radius 3 is 2.34 bits per heavy atom. The Kier molecular flexibility index (Phi) is 18.6. The molecule has 2 aliphatic heterocycles. The van der Waals surface area contributed by atoms with Crippen LogP contribution in [0.15, 0.2) is 97.5 Å². The highest BCUT2D eigenvalue weighted by Gasteiger charge is 2.46. The third kappa shape index (κ3) is 14.3. The van der Waals surface area contributed by atoms with Gasteiger partial charge in [0.25, 0.3) is 21.9 Å². The van der Waals surface area contributed by atoms with Crippen LogP contribution in [-0.2, 0) is 61.0 Å². The predicted molar refractivity (Wildman–Crippen MR) is 309 cm³/mol. The third-order valence-electron chi connectivity index (χ3n) is 14.7. The van der Waals surface area contributed by atoms with Crippen molar-refractivity contribution in [3.63, 3.8) is 0 Å². The quantitative estimate of drug-likeness (QED) is 0.0198. The number of nitrogens with zero attached hydrogens (tertiary/aromatic N) is 5. The number of benzene rings is 3. The largest absolute Gasteiger partial charge is 0.493 e. The van der Waals surface area contributed by atoms with Gasteiger partial charge >= 0.3 is 6.09 Å². The van der Waals surface area contributed by atoms with Crippen LogP contribution in [0.5, 0.6) is 5.75 Å². The number of aromatic nitrogens is 4. The molecule has 1 fully saturated rings. The molecule has 3 aromatic heterocycles. The zero-order valence-electron chi connectivity index (χ0n) is 47.2. The monoisotopic (exact) mass is 1160 g/mol. The van der Waals surface area contributed by atoms with Gasteiger partial charge in [-0.25, -0.2) is 9.78 Å². The van der Waals surface area contributed by atoms with Gasteiger partial charge in [-0.3, -0.25) is 48.0 Å². The molecule has 0 aliphatic carbocycles. The normalized spacial score (nSPS) is 15.7. The maximum Gasteiger partial charge on any atom is 0.406 e. The molecular formula is C59H68N10O13S. The molecule has 5 heterocycles. The minimum absolute atomic E-state index is 0.0277. The first-order chi connectivity index (χ1) is 39.4. The maximum atomic E-state index is 14.0. The molecule has 2 aliphatic rings. The summed E-state index contributed by atoms with van der Waals surface area (Å²) >= 11 is 0. The molecule has 1 saturated heterocycles. The molecule has 23 nitrogen and oxygen atoms in total. The molecule has 8 rings (SSSR count). The predicted octanol–water partition coefficient (Wildman–Crippen LogP) is 5.56. The summed E-state index contributed by atoms with van der Waals surface area (Å²) in [7, 11) is 0.151. The van der Waals surface area contributed by atoms with Gasteiger partial charge in [-0.1, -0.05) is 50.3 Å². The Labute approximate surface area is 479 Å². The smallest absolute Gasteiger partial charge is 0.406 e. The fraction of sp³-hybridized carbons (Fsp3) is 0.373. The Bertz CT molecular complexity index is 3650. The van der Waals surface area contributed by atoms with Gasteiger partial charge < -0.3 is 44.8 Å². The molecule has 0 saturated carbocycles. The van der Waals surface area contributed by atoms with Crippen LogP contribution >= 0.6 is 0 Å². The summed E-state index contributed by atoms with van der Waals surface area (Å²) in [5.41, 5.74) is 5.92. The first-order valence-corrected chi connectivity index (χ1v) is 28.6. The fourth-order valence-corrected chi connectivity index (χ4v) is 11.4. The average molecular weight is 1160 g/mol. The van der Waals surface area contributed by atoms with E-state index in [2.05, 4.69) is 42.9 Å². The molecule has 0 radical (unpaired) electrons. The van der Waals surface area contributed by atoms with E-state index < -0.39 is 51.4 Å². The number of anilines is 2. The first-order valence-electron chi connectivity index (χ1n) is 27.0. The second-order valence-electron chi connectivity index (χ2n) is 21.4. The Balaban J connectivity index is 0.803. The average Bonchev–Trinajstić information content (AvgIpc) is 2.86. The number of aryl methyl sites for hydroxylation is 3. The molecular weight excluding hydrogens is 1090 g/mol. The number of rotatable bonds is 23. The summed E-state index contributed by atoms with van der Waals surface area (Å²) < 4.78 is 50.4. The number of imidazole rings is 1. The van der Waals surface area contributed by atoms with Crippen LogP contribution in [0.25, 0.3) is 22.0 Å². The lowest BCUT2D eigenvalue weighted by molar-refractivity contribution is -0.128.